The maximum Gasteiger partial charge on any atom is 0.0137 e. The number of hydrogen-bond acceptors (Lipinski definition) is 1. The molecule has 0 spiro atoms. The lowest BCUT2D eigenvalue weighted by Crippen LogP contribution is -2.01. The summed E-state index contributed by atoms with van der Waals surface area (Å²) in [5.74, 6) is 1.41. The molecule has 0 amide bonds. The summed E-state index contributed by atoms with van der Waals surface area (Å²) in [6, 6.07) is 0.450. The third kappa shape index (κ3) is 0.781. The molecule has 1 fully saturated rings. The Morgan fingerprint density at radius 1 is 1.50 bits per heavy atom. The zero-order valence-corrected chi connectivity index (χ0v) is 5.46. The minimum atomic E-state index is 0.450. The van der Waals surface area contributed by atoms with Gasteiger partial charge in [-0.2, -0.15) is 0 Å². The minimum absolute atomic E-state index is 0.450. The molecule has 0 heterocycles. The summed E-state index contributed by atoms with van der Waals surface area (Å²) in [4.78, 5) is 0. The predicted octanol–water partition coefficient (Wildman–Crippen LogP) is 1.16. The molecule has 0 saturated heterocycles. The first-order valence-corrected chi connectivity index (χ1v) is 3.15. The van der Waals surface area contributed by atoms with Gasteiger partial charge < -0.3 is 5.73 Å². The maximum atomic E-state index is 5.64. The van der Waals surface area contributed by atoms with Gasteiger partial charge in [0.15, 0.2) is 0 Å². The van der Waals surface area contributed by atoms with Crippen LogP contribution in [0.15, 0.2) is 12.2 Å². The highest BCUT2D eigenvalue weighted by atomic mass is 14.8. The lowest BCUT2D eigenvalue weighted by molar-refractivity contribution is 0.880. The van der Waals surface area contributed by atoms with Gasteiger partial charge in [-0.1, -0.05) is 19.1 Å². The van der Waals surface area contributed by atoms with Crippen LogP contribution in [-0.2, 0) is 0 Å². The van der Waals surface area contributed by atoms with Crippen LogP contribution in [0.3, 0.4) is 0 Å². The largest absolute Gasteiger partial charge is 0.327 e. The zero-order valence-electron chi connectivity index (χ0n) is 5.46. The molecule has 0 aliphatic heterocycles. The Balaban J connectivity index is 2.33. The van der Waals surface area contributed by atoms with Gasteiger partial charge in [-0.3, -0.25) is 0 Å². The summed E-state index contributed by atoms with van der Waals surface area (Å²) in [6.45, 7) is 4.23. The molecular formula is C7H13N. The zero-order chi connectivity index (χ0) is 6.15. The molecule has 0 aromatic heterocycles. The molecule has 1 aliphatic rings. The summed E-state index contributed by atoms with van der Waals surface area (Å²) in [5.41, 5.74) is 5.64. The molecule has 1 heteroatoms. The van der Waals surface area contributed by atoms with Gasteiger partial charge in [0.1, 0.15) is 0 Å². The average molecular weight is 111 g/mol. The molecule has 8 heavy (non-hydrogen) atoms. The van der Waals surface area contributed by atoms with Crippen molar-refractivity contribution < 1.29 is 0 Å². The number of hydrogen-bond donors (Lipinski definition) is 1. The van der Waals surface area contributed by atoms with Gasteiger partial charge in [0.25, 0.3) is 0 Å². The van der Waals surface area contributed by atoms with E-state index in [9.17, 15) is 0 Å². The topological polar surface area (TPSA) is 26.0 Å². The van der Waals surface area contributed by atoms with Gasteiger partial charge in [-0.25, -0.2) is 0 Å². The van der Waals surface area contributed by atoms with E-state index >= 15 is 0 Å². The van der Waals surface area contributed by atoms with Gasteiger partial charge >= 0.3 is 0 Å². The lowest BCUT2D eigenvalue weighted by atomic mass is 10.3. The van der Waals surface area contributed by atoms with Crippen LogP contribution in [0.1, 0.15) is 13.8 Å². The maximum absolute atomic E-state index is 5.64. The second kappa shape index (κ2) is 1.90. The van der Waals surface area contributed by atoms with Crippen molar-refractivity contribution in [1.82, 2.24) is 0 Å². The molecule has 3 unspecified atom stereocenters. The van der Waals surface area contributed by atoms with Crippen LogP contribution in [0.2, 0.25) is 0 Å². The molecule has 1 saturated carbocycles. The number of nitrogens with two attached hydrogens (primary N) is 1. The quantitative estimate of drug-likeness (QED) is 0.505. The second-order valence-corrected chi connectivity index (χ2v) is 2.54. The first-order chi connectivity index (χ1) is 3.77. The SMILES string of the molecule is C/C=C\C1C(C)C1N. The van der Waals surface area contributed by atoms with Crippen LogP contribution >= 0.6 is 0 Å². The summed E-state index contributed by atoms with van der Waals surface area (Å²) in [5, 5.41) is 0. The Morgan fingerprint density at radius 2 is 2.00 bits per heavy atom. The highest BCUT2D eigenvalue weighted by Crippen LogP contribution is 2.37. The molecule has 1 nitrogen and oxygen atoms in total. The van der Waals surface area contributed by atoms with Crippen molar-refractivity contribution in [2.24, 2.45) is 17.6 Å². The van der Waals surface area contributed by atoms with Gasteiger partial charge in [0.05, 0.1) is 0 Å². The third-order valence-electron chi connectivity index (χ3n) is 1.93. The highest BCUT2D eigenvalue weighted by Gasteiger charge is 2.40. The number of allylic oxidation sites excluding steroid dienone is 1. The Morgan fingerprint density at radius 3 is 2.12 bits per heavy atom. The molecule has 0 aromatic rings. The molecule has 3 atom stereocenters. The second-order valence-electron chi connectivity index (χ2n) is 2.54. The van der Waals surface area contributed by atoms with E-state index in [2.05, 4.69) is 19.1 Å². The van der Waals surface area contributed by atoms with Crippen molar-refractivity contribution in [3.63, 3.8) is 0 Å². The van der Waals surface area contributed by atoms with Crippen molar-refractivity contribution >= 4 is 0 Å². The van der Waals surface area contributed by atoms with E-state index in [1.807, 2.05) is 6.92 Å². The van der Waals surface area contributed by atoms with Crippen LogP contribution < -0.4 is 5.73 Å². The van der Waals surface area contributed by atoms with Crippen molar-refractivity contribution in [3.05, 3.63) is 12.2 Å². The summed E-state index contributed by atoms with van der Waals surface area (Å²) >= 11 is 0. The van der Waals surface area contributed by atoms with Crippen molar-refractivity contribution in [2.45, 2.75) is 19.9 Å². The Labute approximate surface area is 50.6 Å². The van der Waals surface area contributed by atoms with Crippen molar-refractivity contribution in [1.29, 1.82) is 0 Å². The van der Waals surface area contributed by atoms with Gasteiger partial charge in [-0.15, -0.1) is 0 Å². The van der Waals surface area contributed by atoms with E-state index in [0.717, 1.165) is 5.92 Å². The smallest absolute Gasteiger partial charge is 0.0137 e. The summed E-state index contributed by atoms with van der Waals surface area (Å²) < 4.78 is 0. The molecule has 2 N–H and O–H groups in total. The standard InChI is InChI=1S/C7H13N/c1-3-4-6-5(2)7(6)8/h3-7H,8H2,1-2H3/b4-3-. The van der Waals surface area contributed by atoms with E-state index in [-0.39, 0.29) is 0 Å². The van der Waals surface area contributed by atoms with E-state index in [1.54, 1.807) is 0 Å². The van der Waals surface area contributed by atoms with Gasteiger partial charge in [0.2, 0.25) is 0 Å². The fraction of sp³-hybridized carbons (Fsp3) is 0.714. The summed E-state index contributed by atoms with van der Waals surface area (Å²) in [7, 11) is 0. The lowest BCUT2D eigenvalue weighted by Gasteiger charge is -1.77. The molecule has 1 aliphatic carbocycles. The molecule has 46 valence electrons. The van der Waals surface area contributed by atoms with Crippen molar-refractivity contribution in [3.8, 4) is 0 Å². The fourth-order valence-corrected chi connectivity index (χ4v) is 1.05. The predicted molar refractivity (Wildman–Crippen MR) is 35.4 cm³/mol. The van der Waals surface area contributed by atoms with Gasteiger partial charge in [0, 0.05) is 6.04 Å². The van der Waals surface area contributed by atoms with E-state index < -0.39 is 0 Å². The molecular weight excluding hydrogens is 98.1 g/mol. The average Bonchev–Trinajstić information content (AvgIpc) is 2.25. The first kappa shape index (κ1) is 5.83. The Hall–Kier alpha value is -0.300. The molecule has 0 aromatic carbocycles. The first-order valence-electron chi connectivity index (χ1n) is 3.15. The van der Waals surface area contributed by atoms with Crippen LogP contribution in [0.4, 0.5) is 0 Å². The van der Waals surface area contributed by atoms with E-state index in [0.29, 0.717) is 12.0 Å². The highest BCUT2D eigenvalue weighted by molar-refractivity contribution is 5.09. The van der Waals surface area contributed by atoms with E-state index in [4.69, 9.17) is 5.73 Å². The van der Waals surface area contributed by atoms with Crippen LogP contribution in [-0.4, -0.2) is 6.04 Å². The fourth-order valence-electron chi connectivity index (χ4n) is 1.05. The minimum Gasteiger partial charge on any atom is -0.327 e. The monoisotopic (exact) mass is 111 g/mol. The molecule has 0 radical (unpaired) electrons. The summed E-state index contributed by atoms with van der Waals surface area (Å²) in [6.07, 6.45) is 4.27. The normalized spacial score (nSPS) is 45.6. The molecule has 1 rings (SSSR count). The van der Waals surface area contributed by atoms with Crippen LogP contribution in [0, 0.1) is 11.8 Å². The van der Waals surface area contributed by atoms with Crippen LogP contribution in [0.5, 0.6) is 0 Å². The number of rotatable bonds is 1. The third-order valence-corrected chi connectivity index (χ3v) is 1.93. The Bertz CT molecular complexity index is 99.0. The van der Waals surface area contributed by atoms with E-state index in [1.165, 1.54) is 0 Å². The van der Waals surface area contributed by atoms with Gasteiger partial charge in [-0.05, 0) is 18.8 Å². The van der Waals surface area contributed by atoms with Crippen LogP contribution in [0.25, 0.3) is 0 Å². The Kier molecular flexibility index (Phi) is 1.39. The molecule has 0 bridgehead atoms. The van der Waals surface area contributed by atoms with Crippen molar-refractivity contribution in [2.75, 3.05) is 0 Å².